The van der Waals surface area contributed by atoms with Crippen molar-refractivity contribution in [2.75, 3.05) is 0 Å². The highest BCUT2D eigenvalue weighted by Crippen LogP contribution is 2.02. The van der Waals surface area contributed by atoms with Gasteiger partial charge in [0.15, 0.2) is 0 Å². The minimum atomic E-state index is 1.01. The van der Waals surface area contributed by atoms with Crippen LogP contribution in [0.15, 0.2) is 48.6 Å². The van der Waals surface area contributed by atoms with E-state index in [1.54, 1.807) is 0 Å². The van der Waals surface area contributed by atoms with Crippen molar-refractivity contribution in [2.24, 2.45) is 0 Å². The molecule has 17 heavy (non-hydrogen) atoms. The molecule has 0 unspecified atom stereocenters. The Bertz CT molecular complexity index is 241. The van der Waals surface area contributed by atoms with E-state index in [0.29, 0.717) is 0 Å². The molecule has 0 aromatic carbocycles. The Labute approximate surface area is 108 Å². The lowest BCUT2D eigenvalue weighted by atomic mass is 10.1. The maximum Gasteiger partial charge on any atom is -0.0163 e. The Hall–Kier alpha value is -1.04. The maximum atomic E-state index is 3.84. The smallest absolute Gasteiger partial charge is 0.0163 e. The summed E-state index contributed by atoms with van der Waals surface area (Å²) < 4.78 is 0. The molecule has 0 amide bonds. The molecule has 0 saturated heterocycles. The molecule has 0 atom stereocenters. The van der Waals surface area contributed by atoms with Crippen LogP contribution in [0, 0.1) is 6.92 Å². The topological polar surface area (TPSA) is 0 Å². The fourth-order valence-electron chi connectivity index (χ4n) is 1.40. The molecule has 1 radical (unpaired) electrons. The van der Waals surface area contributed by atoms with E-state index in [1.165, 1.54) is 25.7 Å². The van der Waals surface area contributed by atoms with Crippen molar-refractivity contribution in [3.63, 3.8) is 0 Å². The first-order valence-corrected chi connectivity index (χ1v) is 6.84. The highest BCUT2D eigenvalue weighted by molar-refractivity contribution is 5.08. The lowest BCUT2D eigenvalue weighted by Gasteiger charge is -1.92. The van der Waals surface area contributed by atoms with Gasteiger partial charge in [-0.25, -0.2) is 0 Å². The largest absolute Gasteiger partial charge is 0.0848 e. The van der Waals surface area contributed by atoms with Crippen LogP contribution < -0.4 is 0 Å². The zero-order chi connectivity index (χ0) is 12.6. The SMILES string of the molecule is [CH2]CCCCCC=CC=CCC=CC=CCC. The van der Waals surface area contributed by atoms with Gasteiger partial charge >= 0.3 is 0 Å². The maximum absolute atomic E-state index is 3.84. The third kappa shape index (κ3) is 15.0. The van der Waals surface area contributed by atoms with Gasteiger partial charge in [-0.2, -0.15) is 0 Å². The summed E-state index contributed by atoms with van der Waals surface area (Å²) in [5, 5.41) is 0. The monoisotopic (exact) mass is 231 g/mol. The van der Waals surface area contributed by atoms with E-state index in [-0.39, 0.29) is 0 Å². The Balaban J connectivity index is 3.37. The molecule has 0 nitrogen and oxygen atoms in total. The van der Waals surface area contributed by atoms with Gasteiger partial charge in [0.05, 0.1) is 0 Å². The van der Waals surface area contributed by atoms with Crippen LogP contribution in [0.1, 0.15) is 51.9 Å². The molecule has 0 aromatic rings. The predicted molar refractivity (Wildman–Crippen MR) is 79.9 cm³/mol. The van der Waals surface area contributed by atoms with Gasteiger partial charge < -0.3 is 0 Å². The third-order valence-corrected chi connectivity index (χ3v) is 2.40. The highest BCUT2D eigenvalue weighted by Gasteiger charge is 1.83. The van der Waals surface area contributed by atoms with Gasteiger partial charge in [0, 0.05) is 0 Å². The molecule has 0 saturated carbocycles. The van der Waals surface area contributed by atoms with Crippen LogP contribution in [0.3, 0.4) is 0 Å². The highest BCUT2D eigenvalue weighted by atomic mass is 13.9. The van der Waals surface area contributed by atoms with Crippen LogP contribution in [0.2, 0.25) is 0 Å². The van der Waals surface area contributed by atoms with Crippen LogP contribution in [0.4, 0.5) is 0 Å². The van der Waals surface area contributed by atoms with Gasteiger partial charge in [-0.3, -0.25) is 0 Å². The second-order valence-corrected chi connectivity index (χ2v) is 4.06. The van der Waals surface area contributed by atoms with Crippen molar-refractivity contribution in [1.29, 1.82) is 0 Å². The zero-order valence-electron chi connectivity index (χ0n) is 11.3. The van der Waals surface area contributed by atoms with Crippen LogP contribution in [-0.4, -0.2) is 0 Å². The Morgan fingerprint density at radius 1 is 0.765 bits per heavy atom. The number of hydrogen-bond acceptors (Lipinski definition) is 0. The van der Waals surface area contributed by atoms with E-state index in [1.807, 2.05) is 0 Å². The number of unbranched alkanes of at least 4 members (excludes halogenated alkanes) is 4. The number of hydrogen-bond donors (Lipinski definition) is 0. The molecular formula is C17H27. The van der Waals surface area contributed by atoms with E-state index in [4.69, 9.17) is 0 Å². The fraction of sp³-hybridized carbons (Fsp3) is 0.471. The fourth-order valence-corrected chi connectivity index (χ4v) is 1.40. The van der Waals surface area contributed by atoms with E-state index in [2.05, 4.69) is 62.5 Å². The van der Waals surface area contributed by atoms with E-state index in [9.17, 15) is 0 Å². The molecule has 0 heterocycles. The van der Waals surface area contributed by atoms with Crippen molar-refractivity contribution in [1.82, 2.24) is 0 Å². The summed E-state index contributed by atoms with van der Waals surface area (Å²) in [6, 6.07) is 0. The molecule has 0 N–H and O–H groups in total. The molecule has 0 heteroatoms. The molecule has 0 spiro atoms. The van der Waals surface area contributed by atoms with Crippen LogP contribution in [-0.2, 0) is 0 Å². The second kappa shape index (κ2) is 15.0. The number of allylic oxidation sites excluding steroid dienone is 8. The van der Waals surface area contributed by atoms with Gasteiger partial charge in [-0.1, -0.05) is 81.7 Å². The van der Waals surface area contributed by atoms with Crippen molar-refractivity contribution in [2.45, 2.75) is 51.9 Å². The summed E-state index contributed by atoms with van der Waals surface area (Å²) in [7, 11) is 0. The molecule has 0 aromatic heterocycles. The first kappa shape index (κ1) is 16.0. The first-order valence-electron chi connectivity index (χ1n) is 6.84. The van der Waals surface area contributed by atoms with Gasteiger partial charge in [0.25, 0.3) is 0 Å². The van der Waals surface area contributed by atoms with Crippen LogP contribution in [0.25, 0.3) is 0 Å². The van der Waals surface area contributed by atoms with Crippen molar-refractivity contribution >= 4 is 0 Å². The normalized spacial score (nSPS) is 12.8. The Kier molecular flexibility index (Phi) is 14.0. The summed E-state index contributed by atoms with van der Waals surface area (Å²) in [6.07, 6.45) is 25.5. The molecule has 0 aliphatic heterocycles. The molecule has 0 fully saturated rings. The average Bonchev–Trinajstić information content (AvgIpc) is 2.35. The molecule has 0 bridgehead atoms. The first-order chi connectivity index (χ1) is 8.41. The minimum Gasteiger partial charge on any atom is -0.0848 e. The predicted octanol–water partition coefficient (Wildman–Crippen LogP) is 5.80. The molecule has 95 valence electrons. The van der Waals surface area contributed by atoms with Gasteiger partial charge in [0.1, 0.15) is 0 Å². The summed E-state index contributed by atoms with van der Waals surface area (Å²) in [5.74, 6) is 0. The standard InChI is InChI=1S/C17H27/c1-3-5-7-9-11-13-15-17-16-14-12-10-8-6-4-2/h6,8,10,12-13,15-17H,1,3-5,7,9,11,14H2,2H3. The van der Waals surface area contributed by atoms with E-state index in [0.717, 1.165) is 19.3 Å². The van der Waals surface area contributed by atoms with E-state index >= 15 is 0 Å². The molecule has 0 aliphatic rings. The Morgan fingerprint density at radius 3 is 2.06 bits per heavy atom. The minimum absolute atomic E-state index is 1.01. The molecule has 0 rings (SSSR count). The van der Waals surface area contributed by atoms with Crippen molar-refractivity contribution in [3.05, 3.63) is 55.5 Å². The Morgan fingerprint density at radius 2 is 1.41 bits per heavy atom. The summed E-state index contributed by atoms with van der Waals surface area (Å²) in [4.78, 5) is 0. The van der Waals surface area contributed by atoms with E-state index < -0.39 is 0 Å². The quantitative estimate of drug-likeness (QED) is 0.329. The number of rotatable bonds is 10. The third-order valence-electron chi connectivity index (χ3n) is 2.40. The molecular weight excluding hydrogens is 204 g/mol. The average molecular weight is 231 g/mol. The van der Waals surface area contributed by atoms with Gasteiger partial charge in [-0.15, -0.1) is 0 Å². The van der Waals surface area contributed by atoms with Crippen molar-refractivity contribution < 1.29 is 0 Å². The summed E-state index contributed by atoms with van der Waals surface area (Å²) in [5.41, 5.74) is 0. The molecule has 0 aliphatic carbocycles. The second-order valence-electron chi connectivity index (χ2n) is 4.06. The lowest BCUT2D eigenvalue weighted by Crippen LogP contribution is -1.73. The lowest BCUT2D eigenvalue weighted by molar-refractivity contribution is 0.695. The van der Waals surface area contributed by atoms with Gasteiger partial charge in [-0.05, 0) is 25.7 Å². The van der Waals surface area contributed by atoms with Crippen LogP contribution in [0.5, 0.6) is 0 Å². The summed E-state index contributed by atoms with van der Waals surface area (Å²) in [6.45, 7) is 5.98. The van der Waals surface area contributed by atoms with Crippen LogP contribution >= 0.6 is 0 Å². The summed E-state index contributed by atoms with van der Waals surface area (Å²) >= 11 is 0. The zero-order valence-corrected chi connectivity index (χ0v) is 11.3. The van der Waals surface area contributed by atoms with Gasteiger partial charge in [0.2, 0.25) is 0 Å². The van der Waals surface area contributed by atoms with Crippen molar-refractivity contribution in [3.8, 4) is 0 Å².